The van der Waals surface area contributed by atoms with Crippen LogP contribution in [0.4, 0.5) is 32.9 Å². The number of hydrogen-bond donors (Lipinski definition) is 2. The molecule has 3 heterocycles. The van der Waals surface area contributed by atoms with Crippen molar-refractivity contribution < 1.29 is 22.0 Å². The predicted octanol–water partition coefficient (Wildman–Crippen LogP) is 4.36. The number of halogens is 5. The van der Waals surface area contributed by atoms with Gasteiger partial charge in [0, 0.05) is 16.5 Å². The Morgan fingerprint density at radius 1 is 1.18 bits per heavy atom. The molecule has 0 bridgehead atoms. The lowest BCUT2D eigenvalue weighted by Crippen LogP contribution is -2.52. The van der Waals surface area contributed by atoms with E-state index in [1.54, 1.807) is 0 Å². The van der Waals surface area contributed by atoms with Gasteiger partial charge < -0.3 is 16.0 Å². The minimum absolute atomic E-state index is 0.0145. The first kappa shape index (κ1) is 21.1. The van der Waals surface area contributed by atoms with Crippen molar-refractivity contribution in [2.24, 2.45) is 0 Å². The summed E-state index contributed by atoms with van der Waals surface area (Å²) in [6, 6.07) is 2.52. The van der Waals surface area contributed by atoms with Crippen LogP contribution < -0.4 is 11.1 Å². The number of nitrogens with zero attached hydrogens (tertiary/aromatic N) is 5. The third-order valence-electron chi connectivity index (χ3n) is 5.32. The smallest absolute Gasteiger partial charge is 0.375 e. The Balaban J connectivity index is 1.75. The SMILES string of the molecule is N#CN1CC(Nc2ncnc3c(F)c(-c4ccc(F)c5sc(N)nc45)c(C(F)(F)F)cc23)C1. The maximum absolute atomic E-state index is 15.7. The summed E-state index contributed by atoms with van der Waals surface area (Å²) in [6.45, 7) is 0.682. The molecule has 1 aliphatic heterocycles. The van der Waals surface area contributed by atoms with Crippen molar-refractivity contribution in [3.05, 3.63) is 41.7 Å². The number of nitrogens with one attached hydrogen (secondary N) is 1. The molecule has 0 radical (unpaired) electrons. The molecular formula is C20H12F5N7S. The topological polar surface area (TPSA) is 104 Å². The predicted molar refractivity (Wildman–Crippen MR) is 112 cm³/mol. The van der Waals surface area contributed by atoms with E-state index >= 15 is 4.39 Å². The van der Waals surface area contributed by atoms with Gasteiger partial charge in [-0.15, -0.1) is 0 Å². The average molecular weight is 477 g/mol. The van der Waals surface area contributed by atoms with E-state index in [1.807, 2.05) is 6.19 Å². The summed E-state index contributed by atoms with van der Waals surface area (Å²) in [5.41, 5.74) is 2.80. The van der Waals surface area contributed by atoms with E-state index in [-0.39, 0.29) is 43.7 Å². The maximum Gasteiger partial charge on any atom is 0.417 e. The lowest BCUT2D eigenvalue weighted by atomic mass is 9.95. The Hall–Kier alpha value is -3.79. The number of benzene rings is 2. The quantitative estimate of drug-likeness (QED) is 0.334. The van der Waals surface area contributed by atoms with Crippen LogP contribution in [0.25, 0.3) is 32.2 Å². The molecule has 3 N–H and O–H groups in total. The van der Waals surface area contributed by atoms with Crippen LogP contribution in [-0.4, -0.2) is 39.0 Å². The second kappa shape index (κ2) is 7.38. The van der Waals surface area contributed by atoms with Crippen LogP contribution in [0.1, 0.15) is 5.56 Å². The van der Waals surface area contributed by atoms with Gasteiger partial charge in [0.25, 0.3) is 0 Å². The number of nitrogen functional groups attached to an aromatic ring is 1. The lowest BCUT2D eigenvalue weighted by Gasteiger charge is -2.35. The molecular weight excluding hydrogens is 465 g/mol. The van der Waals surface area contributed by atoms with Crippen LogP contribution in [0.5, 0.6) is 0 Å². The van der Waals surface area contributed by atoms with E-state index in [2.05, 4.69) is 20.3 Å². The number of likely N-dealkylation sites (tertiary alicyclic amines) is 1. The Bertz CT molecular complexity index is 1450. The van der Waals surface area contributed by atoms with Gasteiger partial charge in [-0.1, -0.05) is 11.3 Å². The van der Waals surface area contributed by atoms with Gasteiger partial charge in [-0.3, -0.25) is 0 Å². The molecule has 7 nitrogen and oxygen atoms in total. The second-order valence-corrected chi connectivity index (χ2v) is 8.43. The van der Waals surface area contributed by atoms with Gasteiger partial charge in [0.2, 0.25) is 0 Å². The number of rotatable bonds is 3. The fourth-order valence-electron chi connectivity index (χ4n) is 3.80. The summed E-state index contributed by atoms with van der Waals surface area (Å²) in [5, 5.41) is 11.6. The molecule has 0 spiro atoms. The molecule has 33 heavy (non-hydrogen) atoms. The van der Waals surface area contributed by atoms with Gasteiger partial charge in [0.15, 0.2) is 17.1 Å². The highest BCUT2D eigenvalue weighted by Crippen LogP contribution is 2.45. The highest BCUT2D eigenvalue weighted by Gasteiger charge is 2.38. The molecule has 168 valence electrons. The Morgan fingerprint density at radius 2 is 1.94 bits per heavy atom. The number of alkyl halides is 3. The molecule has 0 aliphatic carbocycles. The zero-order valence-corrected chi connectivity index (χ0v) is 17.2. The molecule has 4 aromatic rings. The Kier molecular flexibility index (Phi) is 4.71. The van der Waals surface area contributed by atoms with Gasteiger partial charge in [-0.05, 0) is 18.2 Å². The van der Waals surface area contributed by atoms with Crippen molar-refractivity contribution in [3.8, 4) is 17.3 Å². The van der Waals surface area contributed by atoms with Crippen molar-refractivity contribution >= 4 is 43.4 Å². The molecule has 2 aromatic carbocycles. The van der Waals surface area contributed by atoms with Crippen LogP contribution >= 0.6 is 11.3 Å². The lowest BCUT2D eigenvalue weighted by molar-refractivity contribution is -0.137. The Labute approximate surface area is 186 Å². The molecule has 2 aromatic heterocycles. The molecule has 13 heteroatoms. The maximum atomic E-state index is 15.7. The van der Waals surface area contributed by atoms with Gasteiger partial charge in [-0.25, -0.2) is 23.7 Å². The van der Waals surface area contributed by atoms with E-state index in [9.17, 15) is 17.6 Å². The van der Waals surface area contributed by atoms with Crippen molar-refractivity contribution in [3.63, 3.8) is 0 Å². The fraction of sp³-hybridized carbons (Fsp3) is 0.200. The number of fused-ring (bicyclic) bond motifs is 2. The van der Waals surface area contributed by atoms with E-state index in [1.165, 1.54) is 4.90 Å². The van der Waals surface area contributed by atoms with E-state index < -0.39 is 28.9 Å². The zero-order valence-electron chi connectivity index (χ0n) is 16.4. The van der Waals surface area contributed by atoms with Crippen LogP contribution in [0.15, 0.2) is 24.5 Å². The van der Waals surface area contributed by atoms with E-state index in [4.69, 9.17) is 11.0 Å². The highest BCUT2D eigenvalue weighted by molar-refractivity contribution is 7.22. The largest absolute Gasteiger partial charge is 0.417 e. The summed E-state index contributed by atoms with van der Waals surface area (Å²) in [7, 11) is 0. The number of nitrogens with two attached hydrogens (primary N) is 1. The van der Waals surface area contributed by atoms with Gasteiger partial charge in [0.05, 0.1) is 34.9 Å². The van der Waals surface area contributed by atoms with E-state index in [0.717, 1.165) is 35.9 Å². The highest BCUT2D eigenvalue weighted by atomic mass is 32.1. The van der Waals surface area contributed by atoms with Crippen LogP contribution in [0.3, 0.4) is 0 Å². The average Bonchev–Trinajstić information content (AvgIpc) is 3.13. The standard InChI is InChI=1S/C20H12F5N7S/c21-12-2-1-9(16-17(12)33-19(27)31-16)13-11(20(23,24)25)3-10-15(14(13)22)28-7-29-18(10)30-8-4-32(5-8)6-26/h1-3,7-8H,4-5H2,(H2,27,31)(H,28,29,30). The van der Waals surface area contributed by atoms with Gasteiger partial charge in [0.1, 0.15) is 23.5 Å². The van der Waals surface area contributed by atoms with Gasteiger partial charge in [-0.2, -0.15) is 18.4 Å². The minimum atomic E-state index is -4.95. The number of hydrogen-bond acceptors (Lipinski definition) is 8. The van der Waals surface area contributed by atoms with Gasteiger partial charge >= 0.3 is 6.18 Å². The minimum Gasteiger partial charge on any atom is -0.375 e. The molecule has 5 rings (SSSR count). The number of nitriles is 1. The summed E-state index contributed by atoms with van der Waals surface area (Å²) < 4.78 is 72.1. The van der Waals surface area contributed by atoms with Crippen molar-refractivity contribution in [2.75, 3.05) is 24.1 Å². The molecule has 0 saturated carbocycles. The van der Waals surface area contributed by atoms with Crippen molar-refractivity contribution in [1.82, 2.24) is 19.9 Å². The number of aromatic nitrogens is 3. The first-order valence-corrected chi connectivity index (χ1v) is 10.3. The molecule has 0 atom stereocenters. The Morgan fingerprint density at radius 3 is 2.64 bits per heavy atom. The number of thiazole rings is 1. The summed E-state index contributed by atoms with van der Waals surface area (Å²) in [6.07, 6.45) is -1.97. The number of anilines is 2. The first-order valence-electron chi connectivity index (χ1n) is 9.48. The summed E-state index contributed by atoms with van der Waals surface area (Å²) in [4.78, 5) is 13.2. The normalized spacial score (nSPS) is 14.5. The van der Waals surface area contributed by atoms with Crippen LogP contribution in [0, 0.1) is 23.1 Å². The third kappa shape index (κ3) is 3.43. The molecule has 1 fully saturated rings. The fourth-order valence-corrected chi connectivity index (χ4v) is 4.56. The molecule has 0 unspecified atom stereocenters. The summed E-state index contributed by atoms with van der Waals surface area (Å²) in [5.74, 6) is -1.95. The zero-order chi connectivity index (χ0) is 23.5. The second-order valence-electron chi connectivity index (χ2n) is 7.40. The summed E-state index contributed by atoms with van der Waals surface area (Å²) >= 11 is 0.756. The molecule has 1 aliphatic rings. The van der Waals surface area contributed by atoms with Crippen molar-refractivity contribution in [1.29, 1.82) is 5.26 Å². The molecule has 0 amide bonds. The third-order valence-corrected chi connectivity index (χ3v) is 6.21. The molecule has 1 saturated heterocycles. The van der Waals surface area contributed by atoms with E-state index in [0.29, 0.717) is 13.1 Å². The van der Waals surface area contributed by atoms with Crippen molar-refractivity contribution in [2.45, 2.75) is 12.2 Å². The van der Waals surface area contributed by atoms with Crippen LogP contribution in [0.2, 0.25) is 0 Å². The monoisotopic (exact) mass is 477 g/mol. The van der Waals surface area contributed by atoms with Crippen LogP contribution in [-0.2, 0) is 6.18 Å². The first-order chi connectivity index (χ1) is 15.7.